The maximum absolute atomic E-state index is 10.7. The van der Waals surface area contributed by atoms with Crippen LogP contribution in [0.4, 0.5) is 0 Å². The Labute approximate surface area is 115 Å². The van der Waals surface area contributed by atoms with Crippen LogP contribution in [0.1, 0.15) is 21.9 Å². The number of aryl methyl sites for hydroxylation is 1. The van der Waals surface area contributed by atoms with E-state index in [2.05, 4.69) is 15.3 Å². The molecule has 0 amide bonds. The molecule has 2 heterocycles. The maximum atomic E-state index is 10.7. The number of nitrogens with zero attached hydrogens (tertiary/aromatic N) is 4. The molecule has 1 N–H and O–H groups in total. The zero-order valence-electron chi connectivity index (χ0n) is 10.4. The lowest BCUT2D eigenvalue weighted by atomic mass is 10.3. The second-order valence-corrected chi connectivity index (χ2v) is 3.75. The summed E-state index contributed by atoms with van der Waals surface area (Å²) in [4.78, 5) is 15.0. The lowest BCUT2D eigenvalue weighted by molar-refractivity contribution is 0.0690. The van der Waals surface area contributed by atoms with Crippen molar-refractivity contribution in [3.63, 3.8) is 0 Å². The van der Waals surface area contributed by atoms with Crippen molar-refractivity contribution in [3.8, 4) is 5.75 Å². The van der Waals surface area contributed by atoms with E-state index in [1.54, 1.807) is 13.2 Å². The molecule has 0 radical (unpaired) electrons. The first-order valence-electron chi connectivity index (χ1n) is 5.23. The summed E-state index contributed by atoms with van der Waals surface area (Å²) >= 11 is 0. The van der Waals surface area contributed by atoms with Crippen molar-refractivity contribution in [2.45, 2.75) is 13.5 Å². The van der Waals surface area contributed by atoms with Gasteiger partial charge >= 0.3 is 5.97 Å². The van der Waals surface area contributed by atoms with Gasteiger partial charge in [0.2, 0.25) is 0 Å². The Kier molecular flexibility index (Phi) is 4.82. The molecule has 0 saturated carbocycles. The molecule has 2 aromatic rings. The molecule has 0 aliphatic carbocycles. The van der Waals surface area contributed by atoms with Gasteiger partial charge in [0.1, 0.15) is 5.75 Å². The summed E-state index contributed by atoms with van der Waals surface area (Å²) in [5.74, 6) is -0.396. The summed E-state index contributed by atoms with van der Waals surface area (Å²) in [6.07, 6.45) is 1.36. The van der Waals surface area contributed by atoms with E-state index >= 15 is 0 Å². The molecule has 0 aliphatic heterocycles. The van der Waals surface area contributed by atoms with Crippen LogP contribution < -0.4 is 4.74 Å². The summed E-state index contributed by atoms with van der Waals surface area (Å²) in [7, 11) is 1.58. The van der Waals surface area contributed by atoms with Crippen molar-refractivity contribution >= 4 is 18.4 Å². The van der Waals surface area contributed by atoms with Gasteiger partial charge in [0.05, 0.1) is 25.5 Å². The number of carboxylic acids is 1. The molecule has 8 heteroatoms. The second kappa shape index (κ2) is 6.14. The number of carbonyl (C=O) groups is 1. The number of aromatic nitrogens is 4. The largest absolute Gasteiger partial charge is 0.497 e. The fourth-order valence-electron chi connectivity index (χ4n) is 1.54. The normalized spacial score (nSPS) is 9.79. The number of methoxy groups -OCH3 is 1. The monoisotopic (exact) mass is 284 g/mol. The molecule has 0 aromatic carbocycles. The average molecular weight is 285 g/mol. The van der Waals surface area contributed by atoms with E-state index in [0.29, 0.717) is 12.3 Å². The van der Waals surface area contributed by atoms with E-state index in [4.69, 9.17) is 9.84 Å². The number of pyridine rings is 1. The zero-order chi connectivity index (χ0) is 13.1. The Hall–Kier alpha value is -2.15. The fourth-order valence-corrected chi connectivity index (χ4v) is 1.54. The van der Waals surface area contributed by atoms with E-state index in [9.17, 15) is 4.79 Å². The fraction of sp³-hybridized carbons (Fsp3) is 0.273. The van der Waals surface area contributed by atoms with Crippen LogP contribution in [0.3, 0.4) is 0 Å². The van der Waals surface area contributed by atoms with Crippen LogP contribution >= 0.6 is 12.4 Å². The third-order valence-electron chi connectivity index (χ3n) is 2.30. The standard InChI is InChI=1S/C11H12N4O3.ClH/c1-7-3-9(18-2)4-8(12-7)5-15-6-10(11(16)17)13-14-15;/h3-4,6H,5H2,1-2H3,(H,16,17);1H. The lowest BCUT2D eigenvalue weighted by Crippen LogP contribution is -2.04. The molecule has 0 atom stereocenters. The highest BCUT2D eigenvalue weighted by Gasteiger charge is 2.09. The summed E-state index contributed by atoms with van der Waals surface area (Å²) in [5, 5.41) is 16.0. The van der Waals surface area contributed by atoms with Crippen molar-refractivity contribution in [2.75, 3.05) is 7.11 Å². The highest BCUT2D eigenvalue weighted by molar-refractivity contribution is 5.85. The van der Waals surface area contributed by atoms with Crippen molar-refractivity contribution in [1.82, 2.24) is 20.0 Å². The van der Waals surface area contributed by atoms with Gasteiger partial charge in [-0.2, -0.15) is 0 Å². The topological polar surface area (TPSA) is 90.1 Å². The van der Waals surface area contributed by atoms with Crippen LogP contribution in [0.2, 0.25) is 0 Å². The molecule has 2 rings (SSSR count). The molecule has 0 bridgehead atoms. The van der Waals surface area contributed by atoms with Gasteiger partial charge in [-0.1, -0.05) is 5.21 Å². The van der Waals surface area contributed by atoms with Gasteiger partial charge in [0, 0.05) is 17.8 Å². The first kappa shape index (κ1) is 14.9. The third kappa shape index (κ3) is 3.65. The van der Waals surface area contributed by atoms with Crippen molar-refractivity contribution < 1.29 is 14.6 Å². The number of ether oxygens (including phenoxy) is 1. The number of hydrogen-bond donors (Lipinski definition) is 1. The lowest BCUT2D eigenvalue weighted by Gasteiger charge is -2.05. The van der Waals surface area contributed by atoms with Gasteiger partial charge in [-0.25, -0.2) is 9.48 Å². The smallest absolute Gasteiger partial charge is 0.358 e. The van der Waals surface area contributed by atoms with Gasteiger partial charge in [-0.3, -0.25) is 4.98 Å². The average Bonchev–Trinajstić information content (AvgIpc) is 2.76. The molecular weight excluding hydrogens is 272 g/mol. The number of hydrogen-bond acceptors (Lipinski definition) is 5. The summed E-state index contributed by atoms with van der Waals surface area (Å²) in [6, 6.07) is 3.59. The summed E-state index contributed by atoms with van der Waals surface area (Å²) in [6.45, 7) is 2.20. The van der Waals surface area contributed by atoms with Crippen LogP contribution in [0.15, 0.2) is 18.3 Å². The van der Waals surface area contributed by atoms with Crippen LogP contribution in [0, 0.1) is 6.92 Å². The molecule has 0 aliphatic rings. The predicted octanol–water partition coefficient (Wildman–Crippen LogP) is 1.16. The van der Waals surface area contributed by atoms with Gasteiger partial charge in [0.15, 0.2) is 5.69 Å². The molecule has 102 valence electrons. The number of carboxylic acid groups (broad SMARTS) is 1. The second-order valence-electron chi connectivity index (χ2n) is 3.75. The SMILES string of the molecule is COc1cc(C)nc(Cn2cc(C(=O)O)nn2)c1.Cl. The Bertz CT molecular complexity index is 585. The van der Waals surface area contributed by atoms with Crippen LogP contribution in [0.5, 0.6) is 5.75 Å². The maximum Gasteiger partial charge on any atom is 0.358 e. The predicted molar refractivity (Wildman–Crippen MR) is 68.9 cm³/mol. The summed E-state index contributed by atoms with van der Waals surface area (Å²) < 4.78 is 6.56. The molecule has 0 fully saturated rings. The van der Waals surface area contributed by atoms with Gasteiger partial charge in [0.25, 0.3) is 0 Å². The quantitative estimate of drug-likeness (QED) is 0.906. The molecule has 2 aromatic heterocycles. The minimum absolute atomic E-state index is 0. The minimum Gasteiger partial charge on any atom is -0.497 e. The highest BCUT2D eigenvalue weighted by atomic mass is 35.5. The Morgan fingerprint density at radius 2 is 2.21 bits per heavy atom. The van der Waals surface area contributed by atoms with Gasteiger partial charge < -0.3 is 9.84 Å². The number of aromatic carboxylic acids is 1. The molecular formula is C11H13ClN4O3. The van der Waals surface area contributed by atoms with Gasteiger partial charge in [-0.15, -0.1) is 17.5 Å². The number of halogens is 1. The van der Waals surface area contributed by atoms with Crippen LogP contribution in [0.25, 0.3) is 0 Å². The highest BCUT2D eigenvalue weighted by Crippen LogP contribution is 2.13. The van der Waals surface area contributed by atoms with Crippen LogP contribution in [-0.2, 0) is 6.54 Å². The first-order chi connectivity index (χ1) is 8.58. The molecule has 7 nitrogen and oxygen atoms in total. The van der Waals surface area contributed by atoms with E-state index in [1.807, 2.05) is 13.0 Å². The molecule has 0 spiro atoms. The minimum atomic E-state index is -1.10. The Morgan fingerprint density at radius 3 is 2.79 bits per heavy atom. The van der Waals surface area contributed by atoms with Crippen molar-refractivity contribution in [1.29, 1.82) is 0 Å². The molecule has 0 unspecified atom stereocenters. The Morgan fingerprint density at radius 1 is 1.47 bits per heavy atom. The van der Waals surface area contributed by atoms with E-state index in [1.165, 1.54) is 10.9 Å². The first-order valence-corrected chi connectivity index (χ1v) is 5.23. The number of rotatable bonds is 4. The summed E-state index contributed by atoms with van der Waals surface area (Å²) in [5.41, 5.74) is 1.46. The van der Waals surface area contributed by atoms with E-state index in [0.717, 1.165) is 11.4 Å². The zero-order valence-corrected chi connectivity index (χ0v) is 11.2. The van der Waals surface area contributed by atoms with Gasteiger partial charge in [-0.05, 0) is 6.92 Å². The molecule has 19 heavy (non-hydrogen) atoms. The van der Waals surface area contributed by atoms with Crippen molar-refractivity contribution in [2.24, 2.45) is 0 Å². The third-order valence-corrected chi connectivity index (χ3v) is 2.30. The Balaban J connectivity index is 0.00000180. The van der Waals surface area contributed by atoms with Crippen molar-refractivity contribution in [3.05, 3.63) is 35.4 Å². The van der Waals surface area contributed by atoms with E-state index < -0.39 is 5.97 Å². The van der Waals surface area contributed by atoms with Crippen LogP contribution in [-0.4, -0.2) is 38.2 Å². The van der Waals surface area contributed by atoms with E-state index in [-0.39, 0.29) is 18.1 Å². The molecule has 0 saturated heterocycles.